The second-order valence-corrected chi connectivity index (χ2v) is 6.86. The van der Waals surface area contributed by atoms with Crippen molar-refractivity contribution in [2.24, 2.45) is 0 Å². The van der Waals surface area contributed by atoms with Crippen molar-refractivity contribution in [1.82, 2.24) is 0 Å². The average Bonchev–Trinajstić information content (AvgIpc) is 2.88. The van der Waals surface area contributed by atoms with Crippen LogP contribution in [0.3, 0.4) is 0 Å². The number of hydrogen-bond donors (Lipinski definition) is 1. The standard InChI is InChI=1S/C16H16ClNO2S/c1-20-16(19)10-4-2-5-11(8-10)18-13-6-3-7-14-12(13)9-15(17)21-14/h2,4-5,8-9,13,18H,3,6-7H2,1H3. The number of thiophene rings is 1. The molecule has 0 aliphatic heterocycles. The lowest BCUT2D eigenvalue weighted by atomic mass is 9.94. The van der Waals surface area contributed by atoms with E-state index in [9.17, 15) is 4.79 Å². The van der Waals surface area contributed by atoms with E-state index in [1.807, 2.05) is 18.2 Å². The van der Waals surface area contributed by atoms with Crippen molar-refractivity contribution in [3.05, 3.63) is 50.7 Å². The molecule has 1 aromatic heterocycles. The molecule has 0 bridgehead atoms. The Kier molecular flexibility index (Phi) is 4.17. The monoisotopic (exact) mass is 321 g/mol. The highest BCUT2D eigenvalue weighted by Crippen LogP contribution is 2.39. The summed E-state index contributed by atoms with van der Waals surface area (Å²) in [4.78, 5) is 13.0. The van der Waals surface area contributed by atoms with Crippen LogP contribution in [0, 0.1) is 0 Å². The zero-order valence-electron chi connectivity index (χ0n) is 11.7. The first-order valence-corrected chi connectivity index (χ1v) is 8.10. The van der Waals surface area contributed by atoms with Gasteiger partial charge in [-0.2, -0.15) is 0 Å². The summed E-state index contributed by atoms with van der Waals surface area (Å²) in [5.41, 5.74) is 2.78. The number of carbonyl (C=O) groups excluding carboxylic acids is 1. The van der Waals surface area contributed by atoms with Gasteiger partial charge in [0.2, 0.25) is 0 Å². The number of carbonyl (C=O) groups is 1. The molecule has 0 spiro atoms. The average molecular weight is 322 g/mol. The molecule has 1 N–H and O–H groups in total. The summed E-state index contributed by atoms with van der Waals surface area (Å²) in [6.07, 6.45) is 3.33. The maximum Gasteiger partial charge on any atom is 0.337 e. The number of halogens is 1. The number of ether oxygens (including phenoxy) is 1. The lowest BCUT2D eigenvalue weighted by Gasteiger charge is -2.24. The Balaban J connectivity index is 1.83. The molecule has 0 saturated carbocycles. The number of rotatable bonds is 3. The van der Waals surface area contributed by atoms with Crippen molar-refractivity contribution >= 4 is 34.6 Å². The summed E-state index contributed by atoms with van der Waals surface area (Å²) >= 11 is 7.80. The topological polar surface area (TPSA) is 38.3 Å². The molecule has 0 radical (unpaired) electrons. The van der Waals surface area contributed by atoms with Gasteiger partial charge in [0, 0.05) is 10.6 Å². The van der Waals surface area contributed by atoms with Gasteiger partial charge in [0.05, 0.1) is 23.1 Å². The van der Waals surface area contributed by atoms with Crippen molar-refractivity contribution in [2.75, 3.05) is 12.4 Å². The largest absolute Gasteiger partial charge is 0.465 e. The van der Waals surface area contributed by atoms with Gasteiger partial charge in [-0.3, -0.25) is 0 Å². The van der Waals surface area contributed by atoms with Crippen LogP contribution < -0.4 is 5.32 Å². The third-order valence-electron chi connectivity index (χ3n) is 3.71. The molecule has 3 nitrogen and oxygen atoms in total. The fourth-order valence-electron chi connectivity index (χ4n) is 2.73. The van der Waals surface area contributed by atoms with E-state index in [0.717, 1.165) is 29.3 Å². The van der Waals surface area contributed by atoms with Crippen LogP contribution in [0.4, 0.5) is 5.69 Å². The van der Waals surface area contributed by atoms with Crippen LogP contribution in [0.2, 0.25) is 4.34 Å². The molecular formula is C16H16ClNO2S. The Labute approximate surface area is 132 Å². The van der Waals surface area contributed by atoms with E-state index in [-0.39, 0.29) is 12.0 Å². The minimum atomic E-state index is -0.318. The fraction of sp³-hybridized carbons (Fsp3) is 0.312. The van der Waals surface area contributed by atoms with Gasteiger partial charge in [0.15, 0.2) is 0 Å². The third-order valence-corrected chi connectivity index (χ3v) is 5.05. The van der Waals surface area contributed by atoms with Crippen molar-refractivity contribution in [2.45, 2.75) is 25.3 Å². The van der Waals surface area contributed by atoms with E-state index in [4.69, 9.17) is 16.3 Å². The van der Waals surface area contributed by atoms with Crippen LogP contribution >= 0.6 is 22.9 Å². The van der Waals surface area contributed by atoms with Gasteiger partial charge in [0.1, 0.15) is 0 Å². The van der Waals surface area contributed by atoms with Gasteiger partial charge in [-0.25, -0.2) is 4.79 Å². The van der Waals surface area contributed by atoms with Crippen LogP contribution in [0.15, 0.2) is 30.3 Å². The predicted octanol–water partition coefficient (Wildman–Crippen LogP) is 4.68. The third kappa shape index (κ3) is 3.06. The Morgan fingerprint density at radius 1 is 1.43 bits per heavy atom. The van der Waals surface area contributed by atoms with E-state index in [0.29, 0.717) is 5.56 Å². The minimum absolute atomic E-state index is 0.255. The number of fused-ring (bicyclic) bond motifs is 1. The van der Waals surface area contributed by atoms with Crippen LogP contribution in [-0.2, 0) is 11.2 Å². The van der Waals surface area contributed by atoms with E-state index in [2.05, 4.69) is 11.4 Å². The normalized spacial score (nSPS) is 17.1. The summed E-state index contributed by atoms with van der Waals surface area (Å²) in [6, 6.07) is 9.72. The first-order valence-electron chi connectivity index (χ1n) is 6.90. The van der Waals surface area contributed by atoms with Crippen molar-refractivity contribution < 1.29 is 9.53 Å². The number of anilines is 1. The van der Waals surface area contributed by atoms with E-state index >= 15 is 0 Å². The smallest absolute Gasteiger partial charge is 0.337 e. The van der Waals surface area contributed by atoms with Crippen molar-refractivity contribution in [3.63, 3.8) is 0 Å². The van der Waals surface area contributed by atoms with Crippen LogP contribution in [-0.4, -0.2) is 13.1 Å². The van der Waals surface area contributed by atoms with E-state index < -0.39 is 0 Å². The molecule has 0 amide bonds. The van der Waals surface area contributed by atoms with Crippen molar-refractivity contribution in [3.8, 4) is 0 Å². The summed E-state index contributed by atoms with van der Waals surface area (Å²) in [7, 11) is 1.39. The molecular weight excluding hydrogens is 306 g/mol. The maximum atomic E-state index is 11.6. The predicted molar refractivity (Wildman–Crippen MR) is 86.4 cm³/mol. The molecule has 0 fully saturated rings. The number of hydrogen-bond acceptors (Lipinski definition) is 4. The number of aryl methyl sites for hydroxylation is 1. The number of nitrogens with one attached hydrogen (secondary N) is 1. The van der Waals surface area contributed by atoms with Gasteiger partial charge in [-0.05, 0) is 49.1 Å². The first-order chi connectivity index (χ1) is 10.2. The highest BCUT2D eigenvalue weighted by atomic mass is 35.5. The van der Waals surface area contributed by atoms with Gasteiger partial charge < -0.3 is 10.1 Å². The molecule has 0 saturated heterocycles. The van der Waals surface area contributed by atoms with E-state index in [1.165, 1.54) is 17.6 Å². The fourth-order valence-corrected chi connectivity index (χ4v) is 4.11. The molecule has 1 atom stereocenters. The number of esters is 1. The zero-order valence-corrected chi connectivity index (χ0v) is 13.3. The molecule has 110 valence electrons. The van der Waals surface area contributed by atoms with E-state index in [1.54, 1.807) is 17.4 Å². The summed E-state index contributed by atoms with van der Waals surface area (Å²) in [5.74, 6) is -0.318. The second-order valence-electron chi connectivity index (χ2n) is 5.09. The number of methoxy groups -OCH3 is 1. The summed E-state index contributed by atoms with van der Waals surface area (Å²) in [5, 5.41) is 3.51. The Bertz CT molecular complexity index is 668. The Hall–Kier alpha value is -1.52. The van der Waals surface area contributed by atoms with Gasteiger partial charge >= 0.3 is 5.97 Å². The van der Waals surface area contributed by atoms with Crippen molar-refractivity contribution in [1.29, 1.82) is 0 Å². The Morgan fingerprint density at radius 3 is 3.10 bits per heavy atom. The second kappa shape index (κ2) is 6.08. The summed E-state index contributed by atoms with van der Waals surface area (Å²) in [6.45, 7) is 0. The highest BCUT2D eigenvalue weighted by molar-refractivity contribution is 7.16. The van der Waals surface area contributed by atoms with Crippen LogP contribution in [0.1, 0.15) is 39.7 Å². The first kappa shape index (κ1) is 14.4. The van der Waals surface area contributed by atoms with Crippen LogP contribution in [0.25, 0.3) is 0 Å². The molecule has 1 aromatic carbocycles. The lowest BCUT2D eigenvalue weighted by Crippen LogP contribution is -2.16. The van der Waals surface area contributed by atoms with Crippen LogP contribution in [0.5, 0.6) is 0 Å². The molecule has 1 aliphatic rings. The zero-order chi connectivity index (χ0) is 14.8. The SMILES string of the molecule is COC(=O)c1cccc(NC2CCCc3sc(Cl)cc32)c1. The minimum Gasteiger partial charge on any atom is -0.465 e. The highest BCUT2D eigenvalue weighted by Gasteiger charge is 2.22. The molecule has 3 rings (SSSR count). The maximum absolute atomic E-state index is 11.6. The molecule has 1 heterocycles. The molecule has 1 aliphatic carbocycles. The van der Waals surface area contributed by atoms with Gasteiger partial charge in [-0.15, -0.1) is 11.3 Å². The van der Waals surface area contributed by atoms with Gasteiger partial charge in [0.25, 0.3) is 0 Å². The lowest BCUT2D eigenvalue weighted by molar-refractivity contribution is 0.0601. The summed E-state index contributed by atoms with van der Waals surface area (Å²) < 4.78 is 5.60. The molecule has 2 aromatic rings. The molecule has 5 heteroatoms. The number of benzene rings is 1. The Morgan fingerprint density at radius 2 is 2.29 bits per heavy atom. The molecule has 1 unspecified atom stereocenters. The molecule has 21 heavy (non-hydrogen) atoms. The van der Waals surface area contributed by atoms with Gasteiger partial charge in [-0.1, -0.05) is 17.7 Å². The quantitative estimate of drug-likeness (QED) is 0.834.